The van der Waals surface area contributed by atoms with Crippen LogP contribution in [0.3, 0.4) is 0 Å². The van der Waals surface area contributed by atoms with Crippen molar-refractivity contribution in [1.82, 2.24) is 0 Å². The highest BCUT2D eigenvalue weighted by Crippen LogP contribution is 2.56. The first-order valence-electron chi connectivity index (χ1n) is 5.17. The Bertz CT molecular complexity index is 398. The van der Waals surface area contributed by atoms with E-state index in [-0.39, 0.29) is 5.16 Å². The van der Waals surface area contributed by atoms with Gasteiger partial charge in [0.25, 0.3) is 0 Å². The van der Waals surface area contributed by atoms with Crippen LogP contribution in [0, 0.1) is 0 Å². The minimum absolute atomic E-state index is 0.175. The van der Waals surface area contributed by atoms with Gasteiger partial charge in [0, 0.05) is 14.9 Å². The number of hydrogen-bond acceptors (Lipinski definition) is 1. The summed E-state index contributed by atoms with van der Waals surface area (Å²) < 4.78 is 14.0. The smallest absolute Gasteiger partial charge is 0.114 e. The van der Waals surface area contributed by atoms with Gasteiger partial charge in [0.2, 0.25) is 0 Å². The zero-order valence-corrected chi connectivity index (χ0v) is 12.2. The van der Waals surface area contributed by atoms with Gasteiger partial charge in [-0.25, -0.2) is 0 Å². The Morgan fingerprint density at radius 2 is 1.87 bits per heavy atom. The lowest BCUT2D eigenvalue weighted by atomic mass is 10.2. The Hall–Kier alpha value is -0.00506. The summed E-state index contributed by atoms with van der Waals surface area (Å²) in [5.74, 6) is 0. The molecule has 0 aliphatic carbocycles. The van der Waals surface area contributed by atoms with E-state index in [0.717, 1.165) is 9.78 Å². The first-order valence-corrected chi connectivity index (χ1v) is 7.85. The maximum Gasteiger partial charge on any atom is 0.114 e. The van der Waals surface area contributed by atoms with Gasteiger partial charge in [0.05, 0.1) is 0 Å². The van der Waals surface area contributed by atoms with Crippen molar-refractivity contribution in [3.63, 3.8) is 0 Å². The van der Waals surface area contributed by atoms with Crippen LogP contribution in [0.1, 0.15) is 20.8 Å². The standard InChI is InChI=1S/C11H17BBrOP/c1-11(2,3)15(14,8-12)10-7-5-4-6-9(10)13/h4-7H,8,12H2,1-3H3/t15-/m0/s1. The van der Waals surface area contributed by atoms with E-state index in [9.17, 15) is 4.57 Å². The fourth-order valence-electron chi connectivity index (χ4n) is 1.75. The van der Waals surface area contributed by atoms with Crippen molar-refractivity contribution in [2.24, 2.45) is 0 Å². The molecule has 0 unspecified atom stereocenters. The number of hydrogen-bond donors (Lipinski definition) is 0. The number of halogens is 1. The molecule has 0 aliphatic rings. The summed E-state index contributed by atoms with van der Waals surface area (Å²) in [6.07, 6.45) is 0. The SMILES string of the molecule is BC[P@](=O)(c1ccccc1Br)C(C)(C)C. The lowest BCUT2D eigenvalue weighted by molar-refractivity contribution is 0.559. The summed E-state index contributed by atoms with van der Waals surface area (Å²) in [5.41, 5.74) is 0. The first kappa shape index (κ1) is 13.1. The topological polar surface area (TPSA) is 17.1 Å². The second-order valence-electron chi connectivity index (χ2n) is 4.68. The molecule has 1 nitrogen and oxygen atoms in total. The Morgan fingerprint density at radius 1 is 1.33 bits per heavy atom. The van der Waals surface area contributed by atoms with E-state index in [4.69, 9.17) is 0 Å². The molecule has 0 spiro atoms. The van der Waals surface area contributed by atoms with Gasteiger partial charge in [-0.05, 0) is 12.1 Å². The van der Waals surface area contributed by atoms with Crippen molar-refractivity contribution in [1.29, 1.82) is 0 Å². The van der Waals surface area contributed by atoms with E-state index in [1.165, 1.54) is 0 Å². The van der Waals surface area contributed by atoms with Gasteiger partial charge < -0.3 is 4.57 Å². The monoisotopic (exact) mass is 286 g/mol. The van der Waals surface area contributed by atoms with Gasteiger partial charge >= 0.3 is 0 Å². The summed E-state index contributed by atoms with van der Waals surface area (Å²) >= 11 is 3.49. The molecular formula is C11H17BBrOP. The maximum atomic E-state index is 13.0. The van der Waals surface area contributed by atoms with Crippen LogP contribution >= 0.6 is 23.1 Å². The third kappa shape index (κ3) is 2.40. The summed E-state index contributed by atoms with van der Waals surface area (Å²) in [5, 5.41) is 0.797. The highest BCUT2D eigenvalue weighted by molar-refractivity contribution is 9.10. The largest absolute Gasteiger partial charge is 0.319 e. The van der Waals surface area contributed by atoms with E-state index >= 15 is 0 Å². The Morgan fingerprint density at radius 3 is 2.27 bits per heavy atom. The molecule has 0 bridgehead atoms. The fourth-order valence-corrected chi connectivity index (χ4v) is 5.65. The lowest BCUT2D eigenvalue weighted by Gasteiger charge is -2.31. The summed E-state index contributed by atoms with van der Waals surface area (Å²) in [7, 11) is -0.316. The summed E-state index contributed by atoms with van der Waals surface area (Å²) in [6, 6.07) is 8.55. The molecule has 0 heterocycles. The van der Waals surface area contributed by atoms with E-state index in [2.05, 4.69) is 36.7 Å². The van der Waals surface area contributed by atoms with Gasteiger partial charge in [0.15, 0.2) is 0 Å². The molecule has 0 aromatic heterocycles. The Kier molecular flexibility index (Phi) is 3.89. The van der Waals surface area contributed by atoms with Crippen LogP contribution in [0.5, 0.6) is 0 Å². The minimum atomic E-state index is -2.32. The van der Waals surface area contributed by atoms with Crippen molar-refractivity contribution in [3.8, 4) is 0 Å². The molecule has 0 aliphatic heterocycles. The predicted molar refractivity (Wildman–Crippen MR) is 74.5 cm³/mol. The summed E-state index contributed by atoms with van der Waals surface area (Å²) in [6.45, 7) is 6.16. The molecule has 0 N–H and O–H groups in total. The highest BCUT2D eigenvalue weighted by atomic mass is 79.9. The zero-order chi connectivity index (χ0) is 11.7. The van der Waals surface area contributed by atoms with Gasteiger partial charge in [-0.15, -0.1) is 0 Å². The minimum Gasteiger partial charge on any atom is -0.319 e. The van der Waals surface area contributed by atoms with Crippen molar-refractivity contribution in [3.05, 3.63) is 28.7 Å². The number of benzene rings is 1. The molecular weight excluding hydrogens is 270 g/mol. The van der Waals surface area contributed by atoms with Crippen LogP contribution in [-0.4, -0.2) is 19.1 Å². The van der Waals surface area contributed by atoms with Crippen LogP contribution in [0.2, 0.25) is 0 Å². The molecule has 1 rings (SSSR count). The molecule has 0 radical (unpaired) electrons. The molecule has 0 saturated heterocycles. The highest BCUT2D eigenvalue weighted by Gasteiger charge is 2.37. The molecule has 1 atom stereocenters. The average Bonchev–Trinajstić information content (AvgIpc) is 2.15. The Labute approximate surface area is 102 Å². The van der Waals surface area contributed by atoms with Crippen LogP contribution in [0.25, 0.3) is 0 Å². The van der Waals surface area contributed by atoms with Crippen LogP contribution < -0.4 is 5.30 Å². The molecule has 0 amide bonds. The molecule has 15 heavy (non-hydrogen) atoms. The maximum absolute atomic E-state index is 13.0. The third-order valence-corrected chi connectivity index (χ3v) is 7.99. The molecule has 0 saturated carbocycles. The lowest BCUT2D eigenvalue weighted by Crippen LogP contribution is -2.26. The second kappa shape index (κ2) is 4.47. The first-order chi connectivity index (χ1) is 6.83. The quantitative estimate of drug-likeness (QED) is 0.604. The average molecular weight is 287 g/mol. The molecule has 1 aromatic carbocycles. The molecule has 1 aromatic rings. The van der Waals surface area contributed by atoms with E-state index in [0.29, 0.717) is 6.06 Å². The van der Waals surface area contributed by atoms with Crippen molar-refractivity contribution >= 4 is 36.2 Å². The molecule has 4 heteroatoms. The van der Waals surface area contributed by atoms with Gasteiger partial charge in [0.1, 0.15) is 15.0 Å². The van der Waals surface area contributed by atoms with Crippen LogP contribution in [0.15, 0.2) is 28.7 Å². The van der Waals surface area contributed by atoms with Crippen molar-refractivity contribution < 1.29 is 4.57 Å². The predicted octanol–water partition coefficient (Wildman–Crippen LogP) is 2.83. The van der Waals surface area contributed by atoms with E-state index < -0.39 is 7.14 Å². The second-order valence-corrected chi connectivity index (χ2v) is 9.47. The third-order valence-electron chi connectivity index (χ3n) is 2.77. The zero-order valence-electron chi connectivity index (χ0n) is 9.75. The fraction of sp³-hybridized carbons (Fsp3) is 0.455. The summed E-state index contributed by atoms with van der Waals surface area (Å²) in [4.78, 5) is 0. The van der Waals surface area contributed by atoms with Crippen LogP contribution in [0.4, 0.5) is 0 Å². The van der Waals surface area contributed by atoms with Crippen molar-refractivity contribution in [2.75, 3.05) is 6.06 Å². The van der Waals surface area contributed by atoms with Gasteiger partial charge in [-0.1, -0.05) is 54.9 Å². The Balaban J connectivity index is 3.38. The number of rotatable bonds is 2. The van der Waals surface area contributed by atoms with E-state index in [1.807, 2.05) is 32.1 Å². The molecule has 82 valence electrons. The van der Waals surface area contributed by atoms with Crippen molar-refractivity contribution in [2.45, 2.75) is 25.9 Å². The normalized spacial score (nSPS) is 16.0. The van der Waals surface area contributed by atoms with Gasteiger partial charge in [-0.3, -0.25) is 0 Å². The van der Waals surface area contributed by atoms with Crippen LogP contribution in [-0.2, 0) is 4.57 Å². The van der Waals surface area contributed by atoms with Gasteiger partial charge in [-0.2, -0.15) is 0 Å². The molecule has 0 fully saturated rings. The van der Waals surface area contributed by atoms with E-state index in [1.54, 1.807) is 0 Å².